The van der Waals surface area contributed by atoms with Gasteiger partial charge in [0.05, 0.1) is 0 Å². The first-order chi connectivity index (χ1) is 12.7. The van der Waals surface area contributed by atoms with Gasteiger partial charge >= 0.3 is 0 Å². The van der Waals surface area contributed by atoms with Gasteiger partial charge in [-0.3, -0.25) is 4.79 Å². The minimum atomic E-state index is -0.120. The van der Waals surface area contributed by atoms with Crippen molar-refractivity contribution in [3.8, 4) is 0 Å². The predicted octanol–water partition coefficient (Wildman–Crippen LogP) is 6.82. The molecule has 27 heavy (non-hydrogen) atoms. The zero-order valence-corrected chi connectivity index (χ0v) is 17.6. The Morgan fingerprint density at radius 2 is 1.89 bits per heavy atom. The SMILES string of the molecule is C=C/C=C1\C(=C)C(=O)C(C(=C)/C=C\c2cc(C)c(C)cc2[C@H](C)CC)=C1S. The first-order valence-corrected chi connectivity index (χ1v) is 9.66. The summed E-state index contributed by atoms with van der Waals surface area (Å²) in [5.41, 5.74) is 7.35. The standard InChI is InChI=1S/C25H28OS/c1-8-10-21-19(7)24(26)23(25(21)27)16(4)11-12-20-13-17(5)18(6)14-22(20)15(3)9-2/h8,10-15,27H,1,4,7,9H2,2-3,5-6H3/b12-11-,21-10+/t15-/m1/s1. The number of hydrogen-bond acceptors (Lipinski definition) is 2. The first kappa shape index (κ1) is 21.0. The van der Waals surface area contributed by atoms with Crippen LogP contribution in [0.5, 0.6) is 0 Å². The minimum Gasteiger partial charge on any atom is -0.289 e. The van der Waals surface area contributed by atoms with E-state index in [0.29, 0.717) is 33.1 Å². The van der Waals surface area contributed by atoms with E-state index >= 15 is 0 Å². The molecule has 0 aliphatic heterocycles. The molecule has 1 aliphatic rings. The maximum Gasteiger partial charge on any atom is 0.194 e. The monoisotopic (exact) mass is 376 g/mol. The van der Waals surface area contributed by atoms with Crippen LogP contribution in [0.1, 0.15) is 48.4 Å². The van der Waals surface area contributed by atoms with E-state index < -0.39 is 0 Å². The highest BCUT2D eigenvalue weighted by Gasteiger charge is 2.30. The van der Waals surface area contributed by atoms with Gasteiger partial charge in [0.15, 0.2) is 5.78 Å². The maximum absolute atomic E-state index is 12.6. The van der Waals surface area contributed by atoms with E-state index in [4.69, 9.17) is 0 Å². The van der Waals surface area contributed by atoms with Crippen LogP contribution in [0.25, 0.3) is 6.08 Å². The van der Waals surface area contributed by atoms with Gasteiger partial charge in [-0.05, 0) is 59.6 Å². The number of aryl methyl sites for hydroxylation is 2. The van der Waals surface area contributed by atoms with E-state index in [2.05, 4.69) is 78.3 Å². The second-order valence-electron chi connectivity index (χ2n) is 7.08. The smallest absolute Gasteiger partial charge is 0.194 e. The molecule has 0 unspecified atom stereocenters. The topological polar surface area (TPSA) is 17.1 Å². The van der Waals surface area contributed by atoms with Crippen LogP contribution in [-0.4, -0.2) is 5.78 Å². The number of carbonyl (C=O) groups is 1. The molecule has 1 nitrogen and oxygen atoms in total. The molecule has 0 bridgehead atoms. The Kier molecular flexibility index (Phi) is 6.67. The van der Waals surface area contributed by atoms with E-state index in [9.17, 15) is 4.79 Å². The second kappa shape index (κ2) is 8.58. The Hall–Kier alpha value is -2.32. The molecule has 1 aromatic rings. The zero-order valence-electron chi connectivity index (χ0n) is 16.7. The van der Waals surface area contributed by atoms with Crippen LogP contribution in [0.4, 0.5) is 0 Å². The molecule has 0 radical (unpaired) electrons. The predicted molar refractivity (Wildman–Crippen MR) is 121 cm³/mol. The number of Topliss-reactive ketones (excluding diaryl/α,β-unsaturated/α-hetero) is 1. The lowest BCUT2D eigenvalue weighted by atomic mass is 9.89. The first-order valence-electron chi connectivity index (χ1n) is 9.21. The fourth-order valence-corrected chi connectivity index (χ4v) is 3.63. The number of carbonyl (C=O) groups excluding carboxylic acids is 1. The van der Waals surface area contributed by atoms with Crippen molar-refractivity contribution in [2.75, 3.05) is 0 Å². The molecule has 0 heterocycles. The molecule has 0 saturated heterocycles. The van der Waals surface area contributed by atoms with Crippen molar-refractivity contribution in [1.82, 2.24) is 0 Å². The van der Waals surface area contributed by atoms with Crippen molar-refractivity contribution in [2.45, 2.75) is 40.0 Å². The molecule has 140 valence electrons. The summed E-state index contributed by atoms with van der Waals surface area (Å²) in [5, 5.41) is 0. The molecule has 1 atom stereocenters. The van der Waals surface area contributed by atoms with Crippen LogP contribution >= 0.6 is 12.6 Å². The summed E-state index contributed by atoms with van der Waals surface area (Å²) in [6, 6.07) is 4.47. The summed E-state index contributed by atoms with van der Waals surface area (Å²) in [6.07, 6.45) is 8.43. The van der Waals surface area contributed by atoms with Gasteiger partial charge in [0.2, 0.25) is 0 Å². The van der Waals surface area contributed by atoms with Gasteiger partial charge in [-0.15, -0.1) is 12.6 Å². The summed E-state index contributed by atoms with van der Waals surface area (Å²) >= 11 is 4.54. The Bertz CT molecular complexity index is 922. The molecule has 1 aliphatic carbocycles. The maximum atomic E-state index is 12.6. The van der Waals surface area contributed by atoms with Crippen molar-refractivity contribution < 1.29 is 4.79 Å². The zero-order chi connectivity index (χ0) is 20.3. The quantitative estimate of drug-likeness (QED) is 0.327. The van der Waals surface area contributed by atoms with E-state index in [1.165, 1.54) is 22.3 Å². The summed E-state index contributed by atoms with van der Waals surface area (Å²) in [4.78, 5) is 13.2. The van der Waals surface area contributed by atoms with Gasteiger partial charge in [-0.1, -0.05) is 70.0 Å². The van der Waals surface area contributed by atoms with Crippen LogP contribution in [-0.2, 0) is 4.79 Å². The third-order valence-corrected chi connectivity index (χ3v) is 5.70. The fourth-order valence-electron chi connectivity index (χ4n) is 3.18. The number of rotatable bonds is 6. The Balaban J connectivity index is 2.44. The van der Waals surface area contributed by atoms with Crippen molar-refractivity contribution in [3.05, 3.63) is 99.5 Å². The van der Waals surface area contributed by atoms with Gasteiger partial charge < -0.3 is 0 Å². The summed E-state index contributed by atoms with van der Waals surface area (Å²) in [7, 11) is 0. The lowest BCUT2D eigenvalue weighted by molar-refractivity contribution is -0.111. The summed E-state index contributed by atoms with van der Waals surface area (Å²) < 4.78 is 0. The number of ketones is 1. The summed E-state index contributed by atoms with van der Waals surface area (Å²) in [5.74, 6) is 0.344. The number of thiol groups is 1. The molecule has 1 aromatic carbocycles. The van der Waals surface area contributed by atoms with Crippen LogP contribution in [0, 0.1) is 13.8 Å². The van der Waals surface area contributed by atoms with E-state index in [0.717, 1.165) is 6.42 Å². The second-order valence-corrected chi connectivity index (χ2v) is 7.53. The van der Waals surface area contributed by atoms with Gasteiger partial charge in [-0.2, -0.15) is 0 Å². The van der Waals surface area contributed by atoms with E-state index in [1.54, 1.807) is 12.2 Å². The van der Waals surface area contributed by atoms with Gasteiger partial charge in [0.25, 0.3) is 0 Å². The molecule has 0 spiro atoms. The highest BCUT2D eigenvalue weighted by Crippen LogP contribution is 2.38. The fraction of sp³-hybridized carbons (Fsp3) is 0.240. The third-order valence-electron chi connectivity index (χ3n) is 5.23. The molecule has 0 amide bonds. The van der Waals surface area contributed by atoms with Crippen LogP contribution in [0.3, 0.4) is 0 Å². The van der Waals surface area contributed by atoms with Crippen molar-refractivity contribution in [2.24, 2.45) is 0 Å². The molecular weight excluding hydrogens is 348 g/mol. The highest BCUT2D eigenvalue weighted by molar-refractivity contribution is 7.85. The Morgan fingerprint density at radius 3 is 2.48 bits per heavy atom. The number of benzene rings is 1. The number of allylic oxidation sites excluding steroid dienone is 7. The minimum absolute atomic E-state index is 0.120. The van der Waals surface area contributed by atoms with Gasteiger partial charge in [0.1, 0.15) is 0 Å². The van der Waals surface area contributed by atoms with Gasteiger partial charge in [0, 0.05) is 16.1 Å². The molecule has 2 heteroatoms. The van der Waals surface area contributed by atoms with Gasteiger partial charge in [-0.25, -0.2) is 0 Å². The normalized spacial score (nSPS) is 17.3. The van der Waals surface area contributed by atoms with Crippen molar-refractivity contribution in [1.29, 1.82) is 0 Å². The Morgan fingerprint density at radius 1 is 1.26 bits per heavy atom. The molecule has 0 fully saturated rings. The van der Waals surface area contributed by atoms with Crippen LogP contribution < -0.4 is 0 Å². The summed E-state index contributed by atoms with van der Waals surface area (Å²) in [6.45, 7) is 20.4. The Labute approximate surface area is 169 Å². The molecule has 0 N–H and O–H groups in total. The van der Waals surface area contributed by atoms with Crippen LogP contribution in [0.15, 0.2) is 77.3 Å². The largest absolute Gasteiger partial charge is 0.289 e. The molecule has 0 aromatic heterocycles. The number of hydrogen-bond donors (Lipinski definition) is 1. The van der Waals surface area contributed by atoms with E-state index in [-0.39, 0.29) is 5.78 Å². The molecular formula is C25H28OS. The average molecular weight is 377 g/mol. The highest BCUT2D eigenvalue weighted by atomic mass is 32.1. The average Bonchev–Trinajstić information content (AvgIpc) is 2.85. The third kappa shape index (κ3) is 4.17. The van der Waals surface area contributed by atoms with E-state index in [1.807, 2.05) is 6.08 Å². The molecule has 2 rings (SSSR count). The molecule has 0 saturated carbocycles. The van der Waals surface area contributed by atoms with Crippen molar-refractivity contribution >= 4 is 24.5 Å². The van der Waals surface area contributed by atoms with Crippen molar-refractivity contribution in [3.63, 3.8) is 0 Å². The lowest BCUT2D eigenvalue weighted by Crippen LogP contribution is -2.00. The lowest BCUT2D eigenvalue weighted by Gasteiger charge is -2.16. The van der Waals surface area contributed by atoms with Crippen LogP contribution in [0.2, 0.25) is 0 Å².